The molecule has 8 heteroatoms. The van der Waals surface area contributed by atoms with Crippen LogP contribution in [0.3, 0.4) is 0 Å². The zero-order valence-electron chi connectivity index (χ0n) is 20.6. The first-order valence-electron chi connectivity index (χ1n) is 12.0. The van der Waals surface area contributed by atoms with Crippen LogP contribution in [-0.2, 0) is 22.4 Å². The van der Waals surface area contributed by atoms with Crippen LogP contribution in [0.25, 0.3) is 6.08 Å². The highest BCUT2D eigenvalue weighted by molar-refractivity contribution is 7.17. The number of nitrogens with zero attached hydrogens (tertiary/aromatic N) is 1. The molecule has 1 amide bonds. The summed E-state index contributed by atoms with van der Waals surface area (Å²) in [7, 11) is 2.88. The largest absolute Gasteiger partial charge is 0.493 e. The van der Waals surface area contributed by atoms with E-state index in [0.717, 1.165) is 55.4 Å². The normalized spacial score (nSPS) is 12.9. The predicted octanol–water partition coefficient (Wildman–Crippen LogP) is 5.93. The van der Waals surface area contributed by atoms with Crippen molar-refractivity contribution in [3.8, 4) is 17.6 Å². The number of benzene rings is 1. The van der Waals surface area contributed by atoms with Crippen molar-refractivity contribution in [2.45, 2.75) is 58.3 Å². The topological polar surface area (TPSA) is 97.7 Å². The smallest absolute Gasteiger partial charge is 0.341 e. The molecule has 2 aromatic rings. The van der Waals surface area contributed by atoms with Gasteiger partial charge in [0.2, 0.25) is 0 Å². The minimum Gasteiger partial charge on any atom is -0.493 e. The van der Waals surface area contributed by atoms with E-state index >= 15 is 0 Å². The first-order valence-corrected chi connectivity index (χ1v) is 12.8. The average Bonchev–Trinajstić information content (AvgIpc) is 3.24. The van der Waals surface area contributed by atoms with Crippen molar-refractivity contribution in [1.29, 1.82) is 5.26 Å². The molecule has 3 rings (SSSR count). The van der Waals surface area contributed by atoms with Crippen molar-refractivity contribution in [3.63, 3.8) is 0 Å². The van der Waals surface area contributed by atoms with Gasteiger partial charge in [-0.3, -0.25) is 4.79 Å². The quantitative estimate of drug-likeness (QED) is 0.179. The van der Waals surface area contributed by atoms with Gasteiger partial charge >= 0.3 is 5.97 Å². The number of hydrogen-bond donors (Lipinski definition) is 1. The average molecular weight is 497 g/mol. The van der Waals surface area contributed by atoms with E-state index in [-0.39, 0.29) is 5.57 Å². The van der Waals surface area contributed by atoms with Crippen LogP contribution in [0.1, 0.15) is 71.8 Å². The highest BCUT2D eigenvalue weighted by atomic mass is 32.1. The first-order chi connectivity index (χ1) is 17.0. The number of amides is 1. The molecule has 0 saturated heterocycles. The number of aryl methyl sites for hydroxylation is 1. The molecule has 1 aromatic carbocycles. The van der Waals surface area contributed by atoms with E-state index in [1.165, 1.54) is 30.9 Å². The van der Waals surface area contributed by atoms with E-state index in [9.17, 15) is 14.9 Å². The molecule has 35 heavy (non-hydrogen) atoms. The van der Waals surface area contributed by atoms with Crippen LogP contribution >= 0.6 is 11.3 Å². The fourth-order valence-electron chi connectivity index (χ4n) is 4.06. The van der Waals surface area contributed by atoms with Crippen molar-refractivity contribution < 1.29 is 23.8 Å². The van der Waals surface area contributed by atoms with Crippen molar-refractivity contribution in [2.24, 2.45) is 0 Å². The van der Waals surface area contributed by atoms with E-state index in [1.807, 2.05) is 6.07 Å². The molecule has 0 bridgehead atoms. The molecule has 1 aromatic heterocycles. The third kappa shape index (κ3) is 6.64. The van der Waals surface area contributed by atoms with Crippen LogP contribution in [0.2, 0.25) is 0 Å². The number of esters is 1. The van der Waals surface area contributed by atoms with Crippen LogP contribution in [0.4, 0.5) is 5.00 Å². The van der Waals surface area contributed by atoms with Gasteiger partial charge in [-0.1, -0.05) is 32.3 Å². The molecule has 186 valence electrons. The minimum absolute atomic E-state index is 0.0810. The molecule has 0 aliphatic heterocycles. The number of carbonyl (C=O) groups excluding carboxylic acids is 2. The molecular formula is C27H32N2O5S. The Morgan fingerprint density at radius 1 is 1.14 bits per heavy atom. The van der Waals surface area contributed by atoms with Gasteiger partial charge in [0.25, 0.3) is 5.91 Å². The van der Waals surface area contributed by atoms with Crippen molar-refractivity contribution in [3.05, 3.63) is 45.3 Å². The molecule has 0 saturated carbocycles. The number of unbranched alkanes of at least 4 members (excludes halogenated alkanes) is 3. The molecule has 0 fully saturated rings. The van der Waals surface area contributed by atoms with Gasteiger partial charge in [-0.25, -0.2) is 4.79 Å². The number of anilines is 1. The maximum atomic E-state index is 13.0. The number of nitriles is 1. The zero-order valence-corrected chi connectivity index (χ0v) is 21.4. The van der Waals surface area contributed by atoms with E-state index in [4.69, 9.17) is 14.2 Å². The summed E-state index contributed by atoms with van der Waals surface area (Å²) in [4.78, 5) is 26.5. The summed E-state index contributed by atoms with van der Waals surface area (Å²) in [6.45, 7) is 2.77. The summed E-state index contributed by atoms with van der Waals surface area (Å²) in [5, 5.41) is 12.9. The Labute approximate surface area is 210 Å². The predicted molar refractivity (Wildman–Crippen MR) is 137 cm³/mol. The van der Waals surface area contributed by atoms with Gasteiger partial charge in [0.1, 0.15) is 16.6 Å². The fourth-order valence-corrected chi connectivity index (χ4v) is 5.33. The van der Waals surface area contributed by atoms with Crippen LogP contribution in [0.15, 0.2) is 23.8 Å². The maximum absolute atomic E-state index is 13.0. The monoisotopic (exact) mass is 496 g/mol. The summed E-state index contributed by atoms with van der Waals surface area (Å²) in [6, 6.07) is 7.25. The highest BCUT2D eigenvalue weighted by Crippen LogP contribution is 2.39. The molecule has 1 aliphatic rings. The van der Waals surface area contributed by atoms with Crippen LogP contribution in [0, 0.1) is 11.3 Å². The molecular weight excluding hydrogens is 464 g/mol. The number of methoxy groups -OCH3 is 2. The lowest BCUT2D eigenvalue weighted by Crippen LogP contribution is -2.16. The molecule has 7 nitrogen and oxygen atoms in total. The molecule has 1 heterocycles. The van der Waals surface area contributed by atoms with Crippen molar-refractivity contribution in [1.82, 2.24) is 0 Å². The number of rotatable bonds is 11. The van der Waals surface area contributed by atoms with E-state index in [2.05, 4.69) is 12.2 Å². The Bertz CT molecular complexity index is 1130. The zero-order chi connectivity index (χ0) is 25.2. The van der Waals surface area contributed by atoms with Crippen LogP contribution in [-0.4, -0.2) is 32.7 Å². The second-order valence-corrected chi connectivity index (χ2v) is 9.46. The molecule has 0 spiro atoms. The van der Waals surface area contributed by atoms with Crippen molar-refractivity contribution >= 4 is 34.3 Å². The Morgan fingerprint density at radius 3 is 2.66 bits per heavy atom. The lowest BCUT2D eigenvalue weighted by Gasteiger charge is -2.12. The van der Waals surface area contributed by atoms with Gasteiger partial charge in [-0.05, 0) is 61.4 Å². The van der Waals surface area contributed by atoms with Gasteiger partial charge in [-0.15, -0.1) is 11.3 Å². The number of ether oxygens (including phenoxy) is 3. The number of nitrogens with one attached hydrogen (secondary N) is 1. The van der Waals surface area contributed by atoms with Crippen LogP contribution in [0.5, 0.6) is 11.5 Å². The molecule has 1 aliphatic carbocycles. The lowest BCUT2D eigenvalue weighted by atomic mass is 9.95. The number of hydrogen-bond acceptors (Lipinski definition) is 7. The third-order valence-electron chi connectivity index (χ3n) is 5.91. The second-order valence-electron chi connectivity index (χ2n) is 8.35. The lowest BCUT2D eigenvalue weighted by molar-refractivity contribution is -0.112. The van der Waals surface area contributed by atoms with Gasteiger partial charge < -0.3 is 19.5 Å². The SMILES string of the molecule is CCCCCCOc1ccc(/C=C(\C#N)C(=O)Nc2sc3c(c2C(=O)OC)CCCC3)cc1OC. The van der Waals surface area contributed by atoms with Gasteiger partial charge in [0.15, 0.2) is 11.5 Å². The van der Waals surface area contributed by atoms with Gasteiger partial charge in [0, 0.05) is 4.88 Å². The molecule has 0 atom stereocenters. The van der Waals surface area contributed by atoms with Crippen molar-refractivity contribution in [2.75, 3.05) is 26.1 Å². The summed E-state index contributed by atoms with van der Waals surface area (Å²) in [5.74, 6) is 0.102. The number of carbonyl (C=O) groups is 2. The molecule has 0 unspecified atom stereocenters. The number of thiophene rings is 1. The Hall–Kier alpha value is -3.31. The molecule has 1 N–H and O–H groups in total. The Morgan fingerprint density at radius 2 is 1.94 bits per heavy atom. The maximum Gasteiger partial charge on any atom is 0.341 e. The van der Waals surface area contributed by atoms with E-state index in [0.29, 0.717) is 34.2 Å². The molecule has 0 radical (unpaired) electrons. The summed E-state index contributed by atoms with van der Waals surface area (Å²) in [5.41, 5.74) is 1.90. The highest BCUT2D eigenvalue weighted by Gasteiger charge is 2.27. The second kappa shape index (κ2) is 13.0. The minimum atomic E-state index is -0.577. The fraction of sp³-hybridized carbons (Fsp3) is 0.444. The van der Waals surface area contributed by atoms with Gasteiger partial charge in [0.05, 0.1) is 26.4 Å². The van der Waals surface area contributed by atoms with E-state index < -0.39 is 11.9 Å². The Kier molecular flexibility index (Phi) is 9.74. The van der Waals surface area contributed by atoms with Gasteiger partial charge in [-0.2, -0.15) is 5.26 Å². The third-order valence-corrected chi connectivity index (χ3v) is 7.11. The first kappa shape index (κ1) is 26.3. The summed E-state index contributed by atoms with van der Waals surface area (Å²) >= 11 is 1.38. The number of fused-ring (bicyclic) bond motifs is 1. The summed E-state index contributed by atoms with van der Waals surface area (Å²) < 4.78 is 16.3. The Balaban J connectivity index is 1.78. The summed E-state index contributed by atoms with van der Waals surface area (Å²) in [6.07, 6.45) is 9.61. The van der Waals surface area contributed by atoms with E-state index in [1.54, 1.807) is 25.3 Å². The standard InChI is InChI=1S/C27H32N2O5S/c1-4-5-6-9-14-34-21-13-12-18(16-22(21)32-2)15-19(17-28)25(30)29-26-24(27(31)33-3)20-10-7-8-11-23(20)35-26/h12-13,15-16H,4-11,14H2,1-3H3,(H,29,30)/b19-15+. The van der Waals surface area contributed by atoms with Crippen LogP contribution < -0.4 is 14.8 Å².